The Balaban J connectivity index is 0. The average molecular weight is 162 g/mol. The van der Waals surface area contributed by atoms with Crippen molar-refractivity contribution in [1.29, 1.82) is 0 Å². The van der Waals surface area contributed by atoms with Gasteiger partial charge < -0.3 is 0 Å². The molecule has 0 N–H and O–H groups in total. The quantitative estimate of drug-likeness (QED) is 0.375. The molecule has 6 heavy (non-hydrogen) atoms. The molecule has 0 aromatic carbocycles. The number of hydrogen-bond acceptors (Lipinski definition) is 0. The Labute approximate surface area is 50.7 Å². The van der Waals surface area contributed by atoms with Crippen molar-refractivity contribution in [2.24, 2.45) is 0 Å². The van der Waals surface area contributed by atoms with Gasteiger partial charge >= 0.3 is 28.4 Å². The van der Waals surface area contributed by atoms with Gasteiger partial charge in [-0.15, -0.1) is 8.58 Å². The van der Waals surface area contributed by atoms with Crippen molar-refractivity contribution in [1.82, 2.24) is 0 Å². The van der Waals surface area contributed by atoms with Crippen LogP contribution in [0.1, 0.15) is 0 Å². The molecule has 0 heterocycles. The first-order valence-corrected chi connectivity index (χ1v) is 9.00. The Kier molecular flexibility index (Phi) is 28.0. The van der Waals surface area contributed by atoms with Crippen LogP contribution >= 0.6 is 8.58 Å². The van der Waals surface area contributed by atoms with E-state index < -0.39 is 0 Å². The summed E-state index contributed by atoms with van der Waals surface area (Å²) in [5.41, 5.74) is 4.56. The Morgan fingerprint density at radius 2 is 1.17 bits per heavy atom. The molecule has 37 valence electrons. The van der Waals surface area contributed by atoms with Crippen molar-refractivity contribution in [2.75, 3.05) is 13.3 Å². The Bertz CT molecular complexity index is 9.51. The molecule has 0 rings (SSSR count). The summed E-state index contributed by atoms with van der Waals surface area (Å²) in [6.07, 6.45) is 0. The molecule has 0 aliphatic rings. The third kappa shape index (κ3) is 73.7. The van der Waals surface area contributed by atoms with Crippen molar-refractivity contribution in [2.45, 2.75) is 11.0 Å². The molecule has 0 aromatic heterocycles. The van der Waals surface area contributed by atoms with Crippen LogP contribution in [0.5, 0.6) is 0 Å². The van der Waals surface area contributed by atoms with Crippen LogP contribution in [0.25, 0.3) is 0 Å². The first kappa shape index (κ1) is 10.1. The third-order valence-electron chi connectivity index (χ3n) is 0. The molecular weight excluding hydrogens is 149 g/mol. The first-order valence-electron chi connectivity index (χ1n) is 2.15. The first-order chi connectivity index (χ1) is 2.83. The number of rotatable bonds is 0. The molecule has 0 bridgehead atoms. The van der Waals surface area contributed by atoms with Gasteiger partial charge in [0.2, 0.25) is 0 Å². The van der Waals surface area contributed by atoms with Crippen LogP contribution in [0.3, 0.4) is 0 Å². The fourth-order valence-electron chi connectivity index (χ4n) is 0. The van der Waals surface area contributed by atoms with Crippen LogP contribution in [0, 0.1) is 0 Å². The van der Waals surface area contributed by atoms with Crippen molar-refractivity contribution in [3.8, 4) is 0 Å². The SMILES string of the molecule is CPC.[CH3][Ga][CH3]. The monoisotopic (exact) mass is 161 g/mol. The van der Waals surface area contributed by atoms with Gasteiger partial charge in [-0.05, 0) is 13.3 Å². The maximum absolute atomic E-state index is 2.28. The van der Waals surface area contributed by atoms with Crippen LogP contribution in [0.4, 0.5) is 0 Å². The van der Waals surface area contributed by atoms with E-state index in [1.54, 1.807) is 0 Å². The fraction of sp³-hybridized carbons (Fsp3) is 1.00. The van der Waals surface area contributed by atoms with Crippen LogP contribution in [-0.2, 0) is 0 Å². The molecule has 0 amide bonds. The molecule has 2 heteroatoms. The van der Waals surface area contributed by atoms with E-state index in [0.717, 1.165) is 8.58 Å². The summed E-state index contributed by atoms with van der Waals surface area (Å²) >= 11 is 0.312. The zero-order valence-electron chi connectivity index (χ0n) is 5.08. The molecule has 0 nitrogen and oxygen atoms in total. The van der Waals surface area contributed by atoms with E-state index in [1.165, 1.54) is 0 Å². The topological polar surface area (TPSA) is 0 Å². The second kappa shape index (κ2) is 16.6. The van der Waals surface area contributed by atoms with Gasteiger partial charge in [0.15, 0.2) is 0 Å². The molecule has 0 saturated carbocycles. The van der Waals surface area contributed by atoms with Crippen molar-refractivity contribution < 1.29 is 0 Å². The summed E-state index contributed by atoms with van der Waals surface area (Å²) in [7, 11) is 1.08. The summed E-state index contributed by atoms with van der Waals surface area (Å²) in [6, 6.07) is 0. The van der Waals surface area contributed by atoms with E-state index in [0.29, 0.717) is 17.4 Å². The van der Waals surface area contributed by atoms with Crippen molar-refractivity contribution >= 4 is 26.0 Å². The molecule has 0 atom stereocenters. The minimum absolute atomic E-state index is 0.312. The number of hydrogen-bond donors (Lipinski definition) is 0. The summed E-state index contributed by atoms with van der Waals surface area (Å²) in [4.78, 5) is 0. The Morgan fingerprint density at radius 3 is 1.17 bits per heavy atom. The summed E-state index contributed by atoms with van der Waals surface area (Å²) < 4.78 is 0. The minimum atomic E-state index is 0.312. The molecule has 0 fully saturated rings. The molecule has 0 unspecified atom stereocenters. The van der Waals surface area contributed by atoms with Crippen LogP contribution in [-0.4, -0.2) is 30.7 Å². The van der Waals surface area contributed by atoms with Crippen LogP contribution in [0.2, 0.25) is 11.0 Å². The van der Waals surface area contributed by atoms with Crippen LogP contribution < -0.4 is 0 Å². The second-order valence-electron chi connectivity index (χ2n) is 1.08. The summed E-state index contributed by atoms with van der Waals surface area (Å²) in [5.74, 6) is 0. The van der Waals surface area contributed by atoms with Gasteiger partial charge in [-0.1, -0.05) is 0 Å². The summed E-state index contributed by atoms with van der Waals surface area (Å²) in [5, 5.41) is 0. The molecule has 0 spiro atoms. The van der Waals surface area contributed by atoms with Gasteiger partial charge in [0.1, 0.15) is 0 Å². The average Bonchev–Trinajstić information content (AvgIpc) is 1.39. The van der Waals surface area contributed by atoms with Gasteiger partial charge in [-0.25, -0.2) is 0 Å². The van der Waals surface area contributed by atoms with Crippen molar-refractivity contribution in [3.05, 3.63) is 0 Å². The van der Waals surface area contributed by atoms with Gasteiger partial charge in [-0.3, -0.25) is 0 Å². The standard InChI is InChI=1S/C2H7P.2CH3.Ga/c1-3-2;;;/h3H,1-2H3;2*1H3;. The molecule has 1 radical (unpaired) electrons. The molecule has 0 saturated heterocycles. The van der Waals surface area contributed by atoms with E-state index >= 15 is 0 Å². The Hall–Kier alpha value is 1.07. The normalized spacial score (nSPS) is 5.33. The fourth-order valence-corrected chi connectivity index (χ4v) is 0. The third-order valence-corrected chi connectivity index (χ3v) is 0. The van der Waals surface area contributed by atoms with Gasteiger partial charge in [-0.2, -0.15) is 0 Å². The zero-order chi connectivity index (χ0) is 5.41. The maximum atomic E-state index is 2.28. The predicted molar refractivity (Wildman–Crippen MR) is 37.6 cm³/mol. The molecular formula is C4H13GaP. The van der Waals surface area contributed by atoms with Crippen LogP contribution in [0.15, 0.2) is 0 Å². The molecule has 0 aliphatic heterocycles. The molecule has 0 aliphatic carbocycles. The van der Waals surface area contributed by atoms with E-state index in [4.69, 9.17) is 0 Å². The van der Waals surface area contributed by atoms with Gasteiger partial charge in [0, 0.05) is 0 Å². The predicted octanol–water partition coefficient (Wildman–Crippen LogP) is 1.71. The van der Waals surface area contributed by atoms with Crippen molar-refractivity contribution in [3.63, 3.8) is 0 Å². The second-order valence-corrected chi connectivity index (χ2v) is 4.50. The Morgan fingerprint density at radius 1 is 1.17 bits per heavy atom. The van der Waals surface area contributed by atoms with Gasteiger partial charge in [0.25, 0.3) is 0 Å². The summed E-state index contributed by atoms with van der Waals surface area (Å²) in [6.45, 7) is 4.31. The van der Waals surface area contributed by atoms with Gasteiger partial charge in [0.05, 0.1) is 0 Å². The van der Waals surface area contributed by atoms with E-state index in [-0.39, 0.29) is 0 Å². The van der Waals surface area contributed by atoms with E-state index in [1.807, 2.05) is 0 Å². The zero-order valence-corrected chi connectivity index (χ0v) is 8.50. The van der Waals surface area contributed by atoms with E-state index in [2.05, 4.69) is 24.3 Å². The van der Waals surface area contributed by atoms with E-state index in [9.17, 15) is 0 Å². The molecule has 0 aromatic rings.